The van der Waals surface area contributed by atoms with E-state index in [4.69, 9.17) is 9.47 Å². The number of hydrogen-bond donors (Lipinski definition) is 1. The fourth-order valence-electron chi connectivity index (χ4n) is 5.19. The zero-order valence-electron chi connectivity index (χ0n) is 21.0. The molecular weight excluding hydrogens is 462 g/mol. The number of methoxy groups -OCH3 is 1. The Morgan fingerprint density at radius 3 is 2.42 bits per heavy atom. The van der Waals surface area contributed by atoms with Crippen molar-refractivity contribution in [1.29, 1.82) is 0 Å². The van der Waals surface area contributed by atoms with Gasteiger partial charge in [-0.05, 0) is 68.5 Å². The van der Waals surface area contributed by atoms with Gasteiger partial charge in [-0.1, -0.05) is 6.07 Å². The van der Waals surface area contributed by atoms with E-state index < -0.39 is 17.7 Å². The molecule has 190 valence electrons. The van der Waals surface area contributed by atoms with Crippen molar-refractivity contribution in [2.75, 3.05) is 26.8 Å². The van der Waals surface area contributed by atoms with Gasteiger partial charge in [0.15, 0.2) is 0 Å². The number of likely N-dealkylation sites (tertiary alicyclic amines) is 2. The van der Waals surface area contributed by atoms with Gasteiger partial charge < -0.3 is 24.4 Å². The fraction of sp³-hybridized carbons (Fsp3) is 0.407. The van der Waals surface area contributed by atoms with Crippen LogP contribution in [0.3, 0.4) is 0 Å². The Balaban J connectivity index is 1.79. The zero-order valence-corrected chi connectivity index (χ0v) is 21.0. The van der Waals surface area contributed by atoms with Crippen molar-refractivity contribution in [2.24, 2.45) is 0 Å². The molecule has 0 saturated carbocycles. The van der Waals surface area contributed by atoms with Gasteiger partial charge >= 0.3 is 6.09 Å². The van der Waals surface area contributed by atoms with E-state index in [0.29, 0.717) is 42.8 Å². The molecule has 9 heteroatoms. The van der Waals surface area contributed by atoms with Crippen LogP contribution in [0.2, 0.25) is 0 Å². The van der Waals surface area contributed by atoms with Crippen LogP contribution in [0.5, 0.6) is 5.75 Å². The molecule has 4 rings (SSSR count). The third-order valence-electron chi connectivity index (χ3n) is 6.76. The van der Waals surface area contributed by atoms with Gasteiger partial charge in [0.1, 0.15) is 11.5 Å². The maximum absolute atomic E-state index is 13.4. The van der Waals surface area contributed by atoms with Crippen molar-refractivity contribution in [3.05, 3.63) is 64.5 Å². The minimum atomic E-state index is -0.794. The molecule has 0 aliphatic carbocycles. The summed E-state index contributed by atoms with van der Waals surface area (Å²) in [5, 5.41) is 11.5. The topological polar surface area (TPSA) is 109 Å². The Hall–Kier alpha value is -3.88. The van der Waals surface area contributed by atoms with Crippen molar-refractivity contribution in [2.45, 2.75) is 45.7 Å². The van der Waals surface area contributed by atoms with Crippen LogP contribution in [0.15, 0.2) is 42.2 Å². The van der Waals surface area contributed by atoms with Gasteiger partial charge in [0.25, 0.3) is 11.7 Å². The molecule has 1 N–H and O–H groups in total. The van der Waals surface area contributed by atoms with Gasteiger partial charge in [0.2, 0.25) is 0 Å². The summed E-state index contributed by atoms with van der Waals surface area (Å²) in [6.07, 6.45) is 3.78. The normalized spacial score (nSPS) is 20.1. The number of aliphatic hydroxyl groups excluding tert-OH is 1. The zero-order chi connectivity index (χ0) is 26.0. The van der Waals surface area contributed by atoms with Crippen LogP contribution in [0.25, 0.3) is 5.76 Å². The molecular formula is C27H31N3O6. The second-order valence-electron chi connectivity index (χ2n) is 9.07. The summed E-state index contributed by atoms with van der Waals surface area (Å²) in [5.41, 5.74) is 2.74. The number of nitrogens with zero attached hydrogens (tertiary/aromatic N) is 3. The standard InChI is InChI=1S/C27H31N3O6/c1-5-36-27(34)29-12-8-19(9-13-29)30-22(18-6-10-28-11-7-18)21(24(32)26(30)33)23(31)20-15-16(2)14-17(3)25(20)35-4/h6-7,10-11,14-15,19,22,31H,5,8-9,12-13H2,1-4H3/b23-21+. The lowest BCUT2D eigenvalue weighted by molar-refractivity contribution is -0.142. The van der Waals surface area contributed by atoms with Crippen LogP contribution >= 0.6 is 0 Å². The number of aliphatic hydroxyl groups is 1. The molecule has 2 fully saturated rings. The SMILES string of the molecule is CCOC(=O)N1CCC(N2C(=O)C(=O)/C(=C(/O)c3cc(C)cc(C)c3OC)C2c2ccncc2)CC1. The molecule has 2 saturated heterocycles. The molecule has 0 spiro atoms. The van der Waals surface area contributed by atoms with Gasteiger partial charge in [0, 0.05) is 31.5 Å². The maximum atomic E-state index is 13.4. The van der Waals surface area contributed by atoms with Crippen LogP contribution in [-0.4, -0.2) is 70.5 Å². The van der Waals surface area contributed by atoms with Gasteiger partial charge in [-0.15, -0.1) is 0 Å². The van der Waals surface area contributed by atoms with Crippen LogP contribution < -0.4 is 4.74 Å². The number of ketones is 1. The third kappa shape index (κ3) is 4.53. The number of pyridine rings is 1. The summed E-state index contributed by atoms with van der Waals surface area (Å²) < 4.78 is 10.7. The van der Waals surface area contributed by atoms with Crippen molar-refractivity contribution >= 4 is 23.5 Å². The van der Waals surface area contributed by atoms with Crippen LogP contribution in [0, 0.1) is 13.8 Å². The number of aromatic nitrogens is 1. The summed E-state index contributed by atoms with van der Waals surface area (Å²) >= 11 is 0. The van der Waals surface area contributed by atoms with E-state index in [0.717, 1.165) is 11.1 Å². The lowest BCUT2D eigenvalue weighted by Gasteiger charge is -2.38. The van der Waals surface area contributed by atoms with Gasteiger partial charge in [-0.25, -0.2) is 4.79 Å². The van der Waals surface area contributed by atoms with Crippen molar-refractivity contribution in [1.82, 2.24) is 14.8 Å². The smallest absolute Gasteiger partial charge is 0.409 e. The Morgan fingerprint density at radius 1 is 1.14 bits per heavy atom. The van der Waals surface area contributed by atoms with Crippen LogP contribution in [-0.2, 0) is 14.3 Å². The summed E-state index contributed by atoms with van der Waals surface area (Å²) in [5.74, 6) is -1.24. The molecule has 1 unspecified atom stereocenters. The molecule has 0 radical (unpaired) electrons. The molecule has 2 amide bonds. The molecule has 1 atom stereocenters. The minimum Gasteiger partial charge on any atom is -0.507 e. The number of aryl methyl sites for hydroxylation is 2. The summed E-state index contributed by atoms with van der Waals surface area (Å²) in [7, 11) is 1.50. The Bertz CT molecular complexity index is 1200. The van der Waals surface area contributed by atoms with Crippen LogP contribution in [0.1, 0.15) is 48.1 Å². The number of carbonyl (C=O) groups is 3. The highest BCUT2D eigenvalue weighted by Crippen LogP contribution is 2.43. The second-order valence-corrected chi connectivity index (χ2v) is 9.07. The number of piperidine rings is 1. The van der Waals surface area contributed by atoms with Gasteiger partial charge in [0.05, 0.1) is 30.9 Å². The molecule has 9 nitrogen and oxygen atoms in total. The first kappa shape index (κ1) is 25.2. The monoisotopic (exact) mass is 493 g/mol. The number of amides is 2. The maximum Gasteiger partial charge on any atom is 0.409 e. The third-order valence-corrected chi connectivity index (χ3v) is 6.76. The minimum absolute atomic E-state index is 0.0160. The Labute approximate surface area is 210 Å². The highest BCUT2D eigenvalue weighted by molar-refractivity contribution is 6.46. The summed E-state index contributed by atoms with van der Waals surface area (Å²) in [6.45, 7) is 6.60. The predicted octanol–water partition coefficient (Wildman–Crippen LogP) is 3.75. The van der Waals surface area contributed by atoms with Gasteiger partial charge in [-0.2, -0.15) is 0 Å². The number of benzene rings is 1. The molecule has 1 aromatic heterocycles. The van der Waals surface area contributed by atoms with E-state index in [1.54, 1.807) is 47.3 Å². The van der Waals surface area contributed by atoms with E-state index >= 15 is 0 Å². The quantitative estimate of drug-likeness (QED) is 0.384. The first-order chi connectivity index (χ1) is 17.3. The first-order valence-electron chi connectivity index (χ1n) is 12.1. The van der Waals surface area contributed by atoms with E-state index in [2.05, 4.69) is 4.98 Å². The molecule has 0 bridgehead atoms. The van der Waals surface area contributed by atoms with E-state index in [1.165, 1.54) is 7.11 Å². The van der Waals surface area contributed by atoms with Gasteiger partial charge in [-0.3, -0.25) is 14.6 Å². The summed E-state index contributed by atoms with van der Waals surface area (Å²) in [4.78, 5) is 46.2. The average Bonchev–Trinajstić information content (AvgIpc) is 3.14. The van der Waals surface area contributed by atoms with Crippen molar-refractivity contribution in [3.8, 4) is 5.75 Å². The molecule has 36 heavy (non-hydrogen) atoms. The lowest BCUT2D eigenvalue weighted by atomic mass is 9.93. The fourth-order valence-corrected chi connectivity index (χ4v) is 5.19. The van der Waals surface area contributed by atoms with E-state index in [9.17, 15) is 19.5 Å². The number of hydrogen-bond acceptors (Lipinski definition) is 7. The number of Topliss-reactive ketones (excluding diaryl/α,β-unsaturated/α-hetero) is 1. The highest BCUT2D eigenvalue weighted by atomic mass is 16.6. The van der Waals surface area contributed by atoms with Crippen molar-refractivity contribution in [3.63, 3.8) is 0 Å². The summed E-state index contributed by atoms with van der Waals surface area (Å²) in [6, 6.07) is 6.06. The molecule has 3 heterocycles. The Kier molecular flexibility index (Phi) is 7.28. The molecule has 2 aliphatic heterocycles. The van der Waals surface area contributed by atoms with E-state index in [-0.39, 0.29) is 30.1 Å². The highest BCUT2D eigenvalue weighted by Gasteiger charge is 2.49. The number of rotatable bonds is 5. The average molecular weight is 494 g/mol. The largest absolute Gasteiger partial charge is 0.507 e. The second kappa shape index (κ2) is 10.4. The van der Waals surface area contributed by atoms with E-state index in [1.807, 2.05) is 19.9 Å². The first-order valence-corrected chi connectivity index (χ1v) is 12.1. The molecule has 1 aromatic carbocycles. The molecule has 2 aromatic rings. The Morgan fingerprint density at radius 2 is 1.81 bits per heavy atom. The molecule has 2 aliphatic rings. The lowest BCUT2D eigenvalue weighted by Crippen LogP contribution is -2.48. The number of ether oxygens (including phenoxy) is 2. The predicted molar refractivity (Wildman–Crippen MR) is 132 cm³/mol. The van der Waals surface area contributed by atoms with Crippen molar-refractivity contribution < 1.29 is 29.0 Å². The van der Waals surface area contributed by atoms with Crippen LogP contribution in [0.4, 0.5) is 4.79 Å². The number of carbonyl (C=O) groups excluding carboxylic acids is 3.